The number of thioether (sulfide) groups is 1. The molecule has 7 heteroatoms. The van der Waals surface area contributed by atoms with Crippen LogP contribution in [-0.4, -0.2) is 22.8 Å². The molecule has 176 valence electrons. The van der Waals surface area contributed by atoms with E-state index < -0.39 is 17.8 Å². The Labute approximate surface area is 207 Å². The molecule has 35 heavy (non-hydrogen) atoms. The zero-order chi connectivity index (χ0) is 24.5. The van der Waals surface area contributed by atoms with Crippen molar-refractivity contribution in [3.8, 4) is 0 Å². The van der Waals surface area contributed by atoms with Crippen molar-refractivity contribution >= 4 is 29.3 Å². The number of rotatable bonds is 9. The standard InChI is InChI=1S/C28H24FN3O2S/c29-22-11-16-25(30-18-22)27(33)32-26(17-20-7-3-1-4-8-20)28(34)31-23-12-14-24(15-13-23)35-19-21-9-5-2-6-10-21/h1-16,18,26H,17,19H2,(H,31,34)(H,32,33). The third-order valence-corrected chi connectivity index (χ3v) is 6.32. The van der Waals surface area contributed by atoms with Crippen LogP contribution in [0.25, 0.3) is 0 Å². The van der Waals surface area contributed by atoms with Gasteiger partial charge in [-0.15, -0.1) is 11.8 Å². The van der Waals surface area contributed by atoms with Gasteiger partial charge in [0.05, 0.1) is 6.20 Å². The Morgan fingerprint density at radius 2 is 1.49 bits per heavy atom. The first kappa shape index (κ1) is 24.2. The van der Waals surface area contributed by atoms with E-state index in [-0.39, 0.29) is 11.6 Å². The van der Waals surface area contributed by atoms with Gasteiger partial charge in [0.2, 0.25) is 5.91 Å². The molecule has 5 nitrogen and oxygen atoms in total. The summed E-state index contributed by atoms with van der Waals surface area (Å²) >= 11 is 1.71. The maximum absolute atomic E-state index is 13.2. The monoisotopic (exact) mass is 485 g/mol. The fourth-order valence-electron chi connectivity index (χ4n) is 3.41. The Morgan fingerprint density at radius 1 is 0.829 bits per heavy atom. The van der Waals surface area contributed by atoms with Gasteiger partial charge in [-0.05, 0) is 47.5 Å². The Kier molecular flexibility index (Phi) is 8.25. The quantitative estimate of drug-likeness (QED) is 0.308. The molecule has 1 atom stereocenters. The zero-order valence-corrected chi connectivity index (χ0v) is 19.7. The minimum absolute atomic E-state index is 0.0389. The average molecular weight is 486 g/mol. The highest BCUT2D eigenvalue weighted by molar-refractivity contribution is 7.98. The second-order valence-electron chi connectivity index (χ2n) is 7.87. The van der Waals surface area contributed by atoms with E-state index in [0.717, 1.165) is 28.5 Å². The number of nitrogens with zero attached hydrogens (tertiary/aromatic N) is 1. The first-order valence-electron chi connectivity index (χ1n) is 11.1. The number of halogens is 1. The van der Waals surface area contributed by atoms with Gasteiger partial charge in [0.1, 0.15) is 17.6 Å². The van der Waals surface area contributed by atoms with E-state index in [2.05, 4.69) is 27.8 Å². The minimum Gasteiger partial charge on any atom is -0.339 e. The molecule has 0 fully saturated rings. The van der Waals surface area contributed by atoms with Crippen LogP contribution < -0.4 is 10.6 Å². The van der Waals surface area contributed by atoms with Gasteiger partial charge in [0.15, 0.2) is 0 Å². The molecular weight excluding hydrogens is 461 g/mol. The summed E-state index contributed by atoms with van der Waals surface area (Å²) in [6, 6.07) is 28.8. The van der Waals surface area contributed by atoms with Crippen molar-refractivity contribution in [3.05, 3.63) is 126 Å². The summed E-state index contributed by atoms with van der Waals surface area (Å²) in [6.07, 6.45) is 1.27. The molecule has 0 saturated carbocycles. The van der Waals surface area contributed by atoms with E-state index in [9.17, 15) is 14.0 Å². The number of aromatic nitrogens is 1. The highest BCUT2D eigenvalue weighted by Gasteiger charge is 2.23. The van der Waals surface area contributed by atoms with Gasteiger partial charge in [-0.2, -0.15) is 0 Å². The summed E-state index contributed by atoms with van der Waals surface area (Å²) < 4.78 is 13.2. The van der Waals surface area contributed by atoms with Crippen LogP contribution in [0, 0.1) is 5.82 Å². The molecule has 0 aliphatic carbocycles. The lowest BCUT2D eigenvalue weighted by Gasteiger charge is -2.19. The fourth-order valence-corrected chi connectivity index (χ4v) is 4.26. The van der Waals surface area contributed by atoms with Crippen LogP contribution in [0.15, 0.2) is 108 Å². The van der Waals surface area contributed by atoms with Gasteiger partial charge in [-0.25, -0.2) is 9.37 Å². The third kappa shape index (κ3) is 7.25. The van der Waals surface area contributed by atoms with Gasteiger partial charge in [-0.3, -0.25) is 9.59 Å². The van der Waals surface area contributed by atoms with Crippen molar-refractivity contribution in [2.24, 2.45) is 0 Å². The second kappa shape index (κ2) is 11.9. The number of amides is 2. The van der Waals surface area contributed by atoms with E-state index in [0.29, 0.717) is 12.1 Å². The van der Waals surface area contributed by atoms with E-state index in [1.807, 2.05) is 72.8 Å². The number of carbonyl (C=O) groups is 2. The smallest absolute Gasteiger partial charge is 0.270 e. The van der Waals surface area contributed by atoms with E-state index in [1.54, 1.807) is 11.8 Å². The minimum atomic E-state index is -0.844. The molecule has 3 aromatic carbocycles. The number of hydrogen-bond donors (Lipinski definition) is 2. The summed E-state index contributed by atoms with van der Waals surface area (Å²) in [6.45, 7) is 0. The highest BCUT2D eigenvalue weighted by atomic mass is 32.2. The number of benzene rings is 3. The molecule has 1 heterocycles. The van der Waals surface area contributed by atoms with Crippen molar-refractivity contribution in [3.63, 3.8) is 0 Å². The zero-order valence-electron chi connectivity index (χ0n) is 18.9. The van der Waals surface area contributed by atoms with Crippen LogP contribution in [0.2, 0.25) is 0 Å². The molecule has 0 aliphatic rings. The first-order valence-corrected chi connectivity index (χ1v) is 12.1. The number of hydrogen-bond acceptors (Lipinski definition) is 4. The molecule has 0 radical (unpaired) electrons. The molecule has 0 aliphatic heterocycles. The first-order chi connectivity index (χ1) is 17.1. The summed E-state index contributed by atoms with van der Waals surface area (Å²) in [5.41, 5.74) is 2.81. The highest BCUT2D eigenvalue weighted by Crippen LogP contribution is 2.24. The van der Waals surface area contributed by atoms with Crippen molar-refractivity contribution in [2.75, 3.05) is 5.32 Å². The number of carbonyl (C=O) groups excluding carboxylic acids is 2. The molecule has 0 saturated heterocycles. The summed E-state index contributed by atoms with van der Waals surface area (Å²) in [5, 5.41) is 5.62. The van der Waals surface area contributed by atoms with Gasteiger partial charge in [0.25, 0.3) is 5.91 Å². The van der Waals surface area contributed by atoms with Crippen LogP contribution in [0.5, 0.6) is 0 Å². The lowest BCUT2D eigenvalue weighted by atomic mass is 10.0. The average Bonchev–Trinajstić information content (AvgIpc) is 2.89. The molecule has 1 unspecified atom stereocenters. The number of pyridine rings is 1. The molecule has 2 N–H and O–H groups in total. The maximum atomic E-state index is 13.2. The molecule has 0 spiro atoms. The summed E-state index contributed by atoms with van der Waals surface area (Å²) in [5.74, 6) is -0.581. The molecule has 0 bridgehead atoms. The fraction of sp³-hybridized carbons (Fsp3) is 0.107. The Hall–Kier alpha value is -3.97. The van der Waals surface area contributed by atoms with Gasteiger partial charge < -0.3 is 10.6 Å². The van der Waals surface area contributed by atoms with E-state index >= 15 is 0 Å². The molecule has 4 aromatic rings. The van der Waals surface area contributed by atoms with Crippen LogP contribution in [0.4, 0.5) is 10.1 Å². The molecule has 4 rings (SSSR count). The van der Waals surface area contributed by atoms with Crippen molar-refractivity contribution in [1.29, 1.82) is 0 Å². The van der Waals surface area contributed by atoms with Gasteiger partial charge in [0, 0.05) is 22.8 Å². The SMILES string of the molecule is O=C(NC(Cc1ccccc1)C(=O)Nc1ccc(SCc2ccccc2)cc1)c1ccc(F)cn1. The normalized spacial score (nSPS) is 11.5. The van der Waals surface area contributed by atoms with Gasteiger partial charge in [-0.1, -0.05) is 60.7 Å². The lowest BCUT2D eigenvalue weighted by Crippen LogP contribution is -2.45. The molecule has 1 aromatic heterocycles. The van der Waals surface area contributed by atoms with Crippen molar-refractivity contribution < 1.29 is 14.0 Å². The largest absolute Gasteiger partial charge is 0.339 e. The predicted octanol–water partition coefficient (Wildman–Crippen LogP) is 5.49. The van der Waals surface area contributed by atoms with Crippen molar-refractivity contribution in [1.82, 2.24) is 10.3 Å². The summed E-state index contributed by atoms with van der Waals surface area (Å²) in [4.78, 5) is 30.7. The van der Waals surface area contributed by atoms with Crippen LogP contribution in [-0.2, 0) is 17.0 Å². The molecular formula is C28H24FN3O2S. The Morgan fingerprint density at radius 3 is 2.11 bits per heavy atom. The van der Waals surface area contributed by atoms with E-state index in [1.165, 1.54) is 11.6 Å². The Bertz CT molecular complexity index is 1250. The molecule has 2 amide bonds. The lowest BCUT2D eigenvalue weighted by molar-refractivity contribution is -0.118. The predicted molar refractivity (Wildman–Crippen MR) is 137 cm³/mol. The summed E-state index contributed by atoms with van der Waals surface area (Å²) in [7, 11) is 0. The topological polar surface area (TPSA) is 71.1 Å². The van der Waals surface area contributed by atoms with Crippen molar-refractivity contribution in [2.45, 2.75) is 23.1 Å². The maximum Gasteiger partial charge on any atom is 0.270 e. The van der Waals surface area contributed by atoms with Crippen LogP contribution >= 0.6 is 11.8 Å². The van der Waals surface area contributed by atoms with Crippen LogP contribution in [0.3, 0.4) is 0 Å². The van der Waals surface area contributed by atoms with Crippen LogP contribution in [0.1, 0.15) is 21.6 Å². The third-order valence-electron chi connectivity index (χ3n) is 5.23. The number of nitrogens with one attached hydrogen (secondary N) is 2. The number of anilines is 1. The van der Waals surface area contributed by atoms with E-state index in [4.69, 9.17) is 0 Å². The van der Waals surface area contributed by atoms with Gasteiger partial charge >= 0.3 is 0 Å². The Balaban J connectivity index is 1.42. The second-order valence-corrected chi connectivity index (χ2v) is 8.91.